The first-order valence-electron chi connectivity index (χ1n) is 8.90. The van der Waals surface area contributed by atoms with Crippen LogP contribution < -0.4 is 10.1 Å². The summed E-state index contributed by atoms with van der Waals surface area (Å²) in [5.41, 5.74) is -0.472. The van der Waals surface area contributed by atoms with E-state index >= 15 is 0 Å². The van der Waals surface area contributed by atoms with E-state index in [1.807, 2.05) is 30.3 Å². The first kappa shape index (κ1) is 19.8. The van der Waals surface area contributed by atoms with Crippen molar-refractivity contribution >= 4 is 11.7 Å². The lowest BCUT2D eigenvalue weighted by Crippen LogP contribution is -2.52. The molecule has 0 aromatic heterocycles. The molecule has 2 unspecified atom stereocenters. The maximum absolute atomic E-state index is 11.5. The minimum atomic E-state index is -1.41. The van der Waals surface area contributed by atoms with Gasteiger partial charge in [-0.15, -0.1) is 0 Å². The molecule has 0 bridgehead atoms. The van der Waals surface area contributed by atoms with Crippen LogP contribution in [0.25, 0.3) is 0 Å². The minimum Gasteiger partial charge on any atom is -0.484 e. The van der Waals surface area contributed by atoms with Crippen LogP contribution in [0.3, 0.4) is 0 Å². The van der Waals surface area contributed by atoms with Gasteiger partial charge in [0.1, 0.15) is 23.0 Å². The molecule has 2 aromatic rings. The van der Waals surface area contributed by atoms with Gasteiger partial charge in [0.15, 0.2) is 0 Å². The zero-order valence-corrected chi connectivity index (χ0v) is 15.6. The average Bonchev–Trinajstić information content (AvgIpc) is 2.64. The molecule has 3 N–H and O–H groups in total. The molecule has 2 atom stereocenters. The van der Waals surface area contributed by atoms with Crippen LogP contribution in [0.1, 0.15) is 41.4 Å². The number of nitro benzene ring substituents is 1. The summed E-state index contributed by atoms with van der Waals surface area (Å²) in [6, 6.07) is 11.5. The summed E-state index contributed by atoms with van der Waals surface area (Å²) in [6.45, 7) is 3.90. The van der Waals surface area contributed by atoms with Crippen molar-refractivity contribution in [1.82, 2.24) is 5.32 Å². The van der Waals surface area contributed by atoms with Gasteiger partial charge in [0, 0.05) is 5.56 Å². The molecule has 28 heavy (non-hydrogen) atoms. The van der Waals surface area contributed by atoms with Crippen LogP contribution in [0.2, 0.25) is 0 Å². The van der Waals surface area contributed by atoms with Gasteiger partial charge in [0.25, 0.3) is 5.69 Å². The zero-order chi connectivity index (χ0) is 20.5. The topological polar surface area (TPSA) is 122 Å². The van der Waals surface area contributed by atoms with Crippen molar-refractivity contribution in [3.63, 3.8) is 0 Å². The molecule has 2 aromatic carbocycles. The number of fused-ring (bicyclic) bond motifs is 1. The zero-order valence-electron chi connectivity index (χ0n) is 15.6. The molecule has 0 saturated heterocycles. The lowest BCUT2D eigenvalue weighted by molar-refractivity contribution is -0.385. The molecular weight excluding hydrogens is 364 g/mol. The third kappa shape index (κ3) is 3.83. The molecule has 1 aliphatic rings. The first-order chi connectivity index (χ1) is 13.2. The Morgan fingerprint density at radius 2 is 1.96 bits per heavy atom. The number of ether oxygens (including phenoxy) is 1. The van der Waals surface area contributed by atoms with Crippen molar-refractivity contribution in [2.75, 3.05) is 6.54 Å². The van der Waals surface area contributed by atoms with E-state index in [1.54, 1.807) is 13.8 Å². The molecule has 0 aliphatic carbocycles. The Kier molecular flexibility index (Phi) is 5.35. The highest BCUT2D eigenvalue weighted by molar-refractivity contribution is 5.93. The molecule has 0 fully saturated rings. The van der Waals surface area contributed by atoms with Crippen LogP contribution in [0, 0.1) is 10.1 Å². The molecular formula is C20H22N2O6. The fraction of sp³-hybridized carbons (Fsp3) is 0.350. The number of aliphatic hydroxyl groups is 1. The second kappa shape index (κ2) is 7.57. The molecule has 8 heteroatoms. The molecule has 1 heterocycles. The maximum Gasteiger partial charge on any atom is 0.342 e. The van der Waals surface area contributed by atoms with Crippen molar-refractivity contribution in [2.45, 2.75) is 38.0 Å². The van der Waals surface area contributed by atoms with E-state index < -0.39 is 39.9 Å². The van der Waals surface area contributed by atoms with E-state index in [4.69, 9.17) is 4.74 Å². The predicted molar refractivity (Wildman–Crippen MR) is 102 cm³/mol. The number of aliphatic hydroxyl groups excluding tert-OH is 1. The molecule has 0 amide bonds. The Hall–Kier alpha value is -2.97. The number of benzene rings is 2. The van der Waals surface area contributed by atoms with E-state index in [9.17, 15) is 25.1 Å². The fourth-order valence-electron chi connectivity index (χ4n) is 3.39. The summed E-state index contributed by atoms with van der Waals surface area (Å²) in [7, 11) is 0. The maximum atomic E-state index is 11.5. The highest BCUT2D eigenvalue weighted by Gasteiger charge is 2.44. The van der Waals surface area contributed by atoms with Gasteiger partial charge in [-0.05, 0) is 38.4 Å². The monoisotopic (exact) mass is 386 g/mol. The lowest BCUT2D eigenvalue weighted by Gasteiger charge is -2.42. The number of aromatic carboxylic acids is 1. The Labute approximate surface area is 161 Å². The average molecular weight is 386 g/mol. The van der Waals surface area contributed by atoms with Gasteiger partial charge in [-0.2, -0.15) is 0 Å². The highest BCUT2D eigenvalue weighted by atomic mass is 16.6. The van der Waals surface area contributed by atoms with Gasteiger partial charge in [0.2, 0.25) is 0 Å². The SMILES string of the molecule is CC1(C)Oc2cc([N+](=O)[O-])c(C(=O)O)cc2C(NCCc2ccccc2)C1O. The van der Waals surface area contributed by atoms with Crippen molar-refractivity contribution in [2.24, 2.45) is 0 Å². The summed E-state index contributed by atoms with van der Waals surface area (Å²) < 4.78 is 5.76. The van der Waals surface area contributed by atoms with Crippen molar-refractivity contribution < 1.29 is 24.7 Å². The molecule has 0 radical (unpaired) electrons. The van der Waals surface area contributed by atoms with Crippen molar-refractivity contribution in [3.05, 3.63) is 69.3 Å². The Balaban J connectivity index is 1.94. The van der Waals surface area contributed by atoms with Crippen LogP contribution in [0.5, 0.6) is 5.75 Å². The van der Waals surface area contributed by atoms with E-state index in [2.05, 4.69) is 5.32 Å². The predicted octanol–water partition coefficient (Wildman–Crippen LogP) is 2.70. The van der Waals surface area contributed by atoms with Crippen LogP contribution in [-0.2, 0) is 6.42 Å². The summed E-state index contributed by atoms with van der Waals surface area (Å²) in [5.74, 6) is -1.21. The van der Waals surface area contributed by atoms with E-state index in [0.717, 1.165) is 11.6 Å². The number of carbonyl (C=O) groups is 1. The van der Waals surface area contributed by atoms with E-state index in [1.165, 1.54) is 6.07 Å². The van der Waals surface area contributed by atoms with E-state index in [-0.39, 0.29) is 5.75 Å². The third-order valence-electron chi connectivity index (χ3n) is 4.91. The van der Waals surface area contributed by atoms with Gasteiger partial charge < -0.3 is 20.3 Å². The lowest BCUT2D eigenvalue weighted by atomic mass is 9.85. The number of hydrogen-bond acceptors (Lipinski definition) is 6. The van der Waals surface area contributed by atoms with Gasteiger partial charge in [-0.25, -0.2) is 4.79 Å². The number of carboxylic acids is 1. The summed E-state index contributed by atoms with van der Waals surface area (Å²) in [4.78, 5) is 22.0. The standard InChI is InChI=1S/C20H22N2O6/c1-20(2)18(23)17(21-9-8-12-6-4-3-5-7-12)14-10-13(19(24)25)15(22(26)27)11-16(14)28-20/h3-7,10-11,17-18,21,23H,8-9H2,1-2H3,(H,24,25). The summed E-state index contributed by atoms with van der Waals surface area (Å²) in [5, 5.41) is 34.7. The fourth-order valence-corrected chi connectivity index (χ4v) is 3.39. The van der Waals surface area contributed by atoms with Crippen molar-refractivity contribution in [3.8, 4) is 5.75 Å². The Morgan fingerprint density at radius 3 is 2.57 bits per heavy atom. The van der Waals surface area contributed by atoms with Crippen LogP contribution in [0.4, 0.5) is 5.69 Å². The molecule has 1 aliphatic heterocycles. The van der Waals surface area contributed by atoms with Gasteiger partial charge in [-0.1, -0.05) is 30.3 Å². The van der Waals surface area contributed by atoms with Crippen LogP contribution >= 0.6 is 0 Å². The normalized spacial score (nSPS) is 20.1. The van der Waals surface area contributed by atoms with Gasteiger partial charge in [-0.3, -0.25) is 10.1 Å². The second-order valence-corrected chi connectivity index (χ2v) is 7.29. The van der Waals surface area contributed by atoms with E-state index in [0.29, 0.717) is 18.5 Å². The number of nitro groups is 1. The highest BCUT2D eigenvalue weighted by Crippen LogP contribution is 2.42. The number of nitrogens with one attached hydrogen (secondary N) is 1. The number of carboxylic acid groups (broad SMARTS) is 1. The molecule has 0 saturated carbocycles. The first-order valence-corrected chi connectivity index (χ1v) is 8.90. The second-order valence-electron chi connectivity index (χ2n) is 7.29. The third-order valence-corrected chi connectivity index (χ3v) is 4.91. The van der Waals surface area contributed by atoms with Gasteiger partial charge in [0.05, 0.1) is 17.0 Å². The molecule has 0 spiro atoms. The summed E-state index contributed by atoms with van der Waals surface area (Å²) >= 11 is 0. The Morgan fingerprint density at radius 1 is 1.29 bits per heavy atom. The number of hydrogen-bond donors (Lipinski definition) is 3. The quantitative estimate of drug-likeness (QED) is 0.515. The van der Waals surface area contributed by atoms with Crippen LogP contribution in [0.15, 0.2) is 42.5 Å². The Bertz CT molecular complexity index is 897. The van der Waals surface area contributed by atoms with Crippen molar-refractivity contribution in [1.29, 1.82) is 0 Å². The smallest absolute Gasteiger partial charge is 0.342 e. The number of rotatable bonds is 6. The largest absolute Gasteiger partial charge is 0.484 e. The summed E-state index contributed by atoms with van der Waals surface area (Å²) in [6.07, 6.45) is -0.265. The van der Waals surface area contributed by atoms with Crippen LogP contribution in [-0.4, -0.2) is 39.4 Å². The van der Waals surface area contributed by atoms with Gasteiger partial charge >= 0.3 is 5.97 Å². The minimum absolute atomic E-state index is 0.198. The molecule has 3 rings (SSSR count). The number of nitrogens with zero attached hydrogens (tertiary/aromatic N) is 1. The molecule has 148 valence electrons. The molecule has 8 nitrogen and oxygen atoms in total.